The van der Waals surface area contributed by atoms with E-state index in [2.05, 4.69) is 10.3 Å². The number of rotatable bonds is 7. The molecule has 1 amide bonds. The number of nitrogens with one attached hydrogen (secondary N) is 1. The van der Waals surface area contributed by atoms with Crippen LogP contribution in [0.25, 0.3) is 0 Å². The van der Waals surface area contributed by atoms with E-state index in [0.29, 0.717) is 19.6 Å². The Labute approximate surface area is 121 Å². The van der Waals surface area contributed by atoms with Crippen LogP contribution in [0.5, 0.6) is 0 Å². The topological polar surface area (TPSA) is 94.4 Å². The Morgan fingerprint density at radius 2 is 2.30 bits per heavy atom. The van der Waals surface area contributed by atoms with E-state index >= 15 is 0 Å². The Balaban J connectivity index is 2.59. The molecule has 1 aromatic rings. The van der Waals surface area contributed by atoms with Crippen LogP contribution in [0.4, 0.5) is 5.69 Å². The summed E-state index contributed by atoms with van der Waals surface area (Å²) in [6, 6.07) is 1.18. The normalized spacial score (nSPS) is 10.6. The monoisotopic (exact) mass is 301 g/mol. The van der Waals surface area contributed by atoms with Crippen molar-refractivity contribution in [3.8, 4) is 0 Å². The second-order valence-electron chi connectivity index (χ2n) is 4.31. The summed E-state index contributed by atoms with van der Waals surface area (Å²) in [6.45, 7) is 4.71. The van der Waals surface area contributed by atoms with Gasteiger partial charge in [-0.25, -0.2) is 4.98 Å². The Kier molecular flexibility index (Phi) is 6.33. The van der Waals surface area contributed by atoms with Crippen LogP contribution in [-0.4, -0.2) is 35.1 Å². The summed E-state index contributed by atoms with van der Waals surface area (Å²) in [7, 11) is 0. The molecule has 0 atom stereocenters. The van der Waals surface area contributed by atoms with Crippen LogP contribution in [0.1, 0.15) is 30.6 Å². The lowest BCUT2D eigenvalue weighted by Crippen LogP contribution is -2.26. The fourth-order valence-corrected chi connectivity index (χ4v) is 1.60. The van der Waals surface area contributed by atoms with Crippen molar-refractivity contribution in [2.45, 2.75) is 26.4 Å². The number of ether oxygens (including phenoxy) is 1. The molecule has 0 fully saturated rings. The molecule has 0 unspecified atom stereocenters. The number of pyridine rings is 1. The van der Waals surface area contributed by atoms with Crippen LogP contribution in [-0.2, 0) is 4.74 Å². The van der Waals surface area contributed by atoms with Crippen molar-refractivity contribution in [2.24, 2.45) is 0 Å². The quantitative estimate of drug-likeness (QED) is 0.360. The number of nitro groups is 1. The van der Waals surface area contributed by atoms with E-state index in [1.54, 1.807) is 0 Å². The van der Waals surface area contributed by atoms with E-state index in [9.17, 15) is 14.9 Å². The minimum absolute atomic E-state index is 0.0314. The Hall–Kier alpha value is -1.73. The van der Waals surface area contributed by atoms with Crippen LogP contribution >= 0.6 is 11.6 Å². The molecule has 20 heavy (non-hydrogen) atoms. The van der Waals surface area contributed by atoms with E-state index < -0.39 is 10.8 Å². The lowest BCUT2D eigenvalue weighted by molar-refractivity contribution is -0.385. The molecule has 0 saturated carbocycles. The average Bonchev–Trinajstić information content (AvgIpc) is 2.37. The number of aromatic nitrogens is 1. The first-order valence-corrected chi connectivity index (χ1v) is 6.49. The van der Waals surface area contributed by atoms with E-state index in [1.165, 1.54) is 6.07 Å². The predicted molar refractivity (Wildman–Crippen MR) is 73.9 cm³/mol. The fourth-order valence-electron chi connectivity index (χ4n) is 1.44. The summed E-state index contributed by atoms with van der Waals surface area (Å²) in [4.78, 5) is 25.6. The molecule has 0 aliphatic carbocycles. The third-order valence-corrected chi connectivity index (χ3v) is 2.56. The molecule has 8 heteroatoms. The van der Waals surface area contributed by atoms with Gasteiger partial charge in [0.15, 0.2) is 0 Å². The van der Waals surface area contributed by atoms with Crippen molar-refractivity contribution in [3.63, 3.8) is 0 Å². The first-order valence-electron chi connectivity index (χ1n) is 6.11. The maximum atomic E-state index is 11.9. The number of carbonyl (C=O) groups excluding carboxylic acids is 1. The second-order valence-corrected chi connectivity index (χ2v) is 4.70. The minimum Gasteiger partial charge on any atom is -0.379 e. The molecule has 1 N–H and O–H groups in total. The molecule has 1 aromatic heterocycles. The molecule has 0 aromatic carbocycles. The van der Waals surface area contributed by atoms with Gasteiger partial charge in [-0.3, -0.25) is 14.9 Å². The van der Waals surface area contributed by atoms with Gasteiger partial charge in [0.2, 0.25) is 0 Å². The zero-order valence-corrected chi connectivity index (χ0v) is 12.0. The molecular weight excluding hydrogens is 286 g/mol. The van der Waals surface area contributed by atoms with Crippen molar-refractivity contribution >= 4 is 23.2 Å². The largest absolute Gasteiger partial charge is 0.379 e. The van der Waals surface area contributed by atoms with Gasteiger partial charge < -0.3 is 10.1 Å². The van der Waals surface area contributed by atoms with E-state index in [-0.39, 0.29) is 22.5 Å². The molecule has 0 radical (unpaired) electrons. The summed E-state index contributed by atoms with van der Waals surface area (Å²) in [6.07, 6.45) is 1.72. The molecular formula is C12H16ClN3O4. The molecule has 1 rings (SSSR count). The van der Waals surface area contributed by atoms with Crippen LogP contribution in [0.15, 0.2) is 12.3 Å². The standard InChI is InChI=1S/C12H16ClN3O4/c1-8(2)20-5-3-4-14-12(17)9-6-11(13)15-7-10(9)16(18)19/h6-8H,3-5H2,1-2H3,(H,14,17). The lowest BCUT2D eigenvalue weighted by atomic mass is 10.2. The van der Waals surface area contributed by atoms with Gasteiger partial charge in [0.25, 0.3) is 11.6 Å². The van der Waals surface area contributed by atoms with Gasteiger partial charge in [0.1, 0.15) is 16.9 Å². The van der Waals surface area contributed by atoms with Gasteiger partial charge in [-0.15, -0.1) is 0 Å². The number of amides is 1. The van der Waals surface area contributed by atoms with E-state index in [0.717, 1.165) is 6.20 Å². The summed E-state index contributed by atoms with van der Waals surface area (Å²) >= 11 is 5.65. The van der Waals surface area contributed by atoms with Gasteiger partial charge in [0.05, 0.1) is 11.0 Å². The maximum Gasteiger partial charge on any atom is 0.300 e. The Morgan fingerprint density at radius 1 is 1.60 bits per heavy atom. The Bertz CT molecular complexity index is 494. The van der Waals surface area contributed by atoms with Crippen molar-refractivity contribution in [1.29, 1.82) is 0 Å². The average molecular weight is 302 g/mol. The van der Waals surface area contributed by atoms with E-state index in [1.807, 2.05) is 13.8 Å². The van der Waals surface area contributed by atoms with Gasteiger partial charge >= 0.3 is 0 Å². The molecule has 1 heterocycles. The number of halogens is 1. The number of hydrogen-bond donors (Lipinski definition) is 1. The lowest BCUT2D eigenvalue weighted by Gasteiger charge is -2.08. The summed E-state index contributed by atoms with van der Waals surface area (Å²) in [5, 5.41) is 13.4. The third kappa shape index (κ3) is 5.10. The Morgan fingerprint density at radius 3 is 2.90 bits per heavy atom. The molecule has 7 nitrogen and oxygen atoms in total. The summed E-state index contributed by atoms with van der Waals surface area (Å²) in [5.41, 5.74) is -0.467. The molecule has 0 spiro atoms. The molecule has 0 bridgehead atoms. The highest BCUT2D eigenvalue weighted by Crippen LogP contribution is 2.20. The second kappa shape index (κ2) is 7.76. The number of hydrogen-bond acceptors (Lipinski definition) is 5. The smallest absolute Gasteiger partial charge is 0.300 e. The highest BCUT2D eigenvalue weighted by molar-refractivity contribution is 6.29. The highest BCUT2D eigenvalue weighted by atomic mass is 35.5. The van der Waals surface area contributed by atoms with Crippen molar-refractivity contribution in [2.75, 3.05) is 13.2 Å². The fraction of sp³-hybridized carbons (Fsp3) is 0.500. The van der Waals surface area contributed by atoms with Crippen LogP contribution in [0, 0.1) is 10.1 Å². The molecule has 0 aliphatic heterocycles. The highest BCUT2D eigenvalue weighted by Gasteiger charge is 2.20. The van der Waals surface area contributed by atoms with Gasteiger partial charge in [-0.05, 0) is 26.3 Å². The molecule has 0 saturated heterocycles. The zero-order chi connectivity index (χ0) is 15.1. The van der Waals surface area contributed by atoms with Crippen molar-refractivity contribution < 1.29 is 14.5 Å². The molecule has 0 aliphatic rings. The van der Waals surface area contributed by atoms with Crippen LogP contribution in [0.2, 0.25) is 5.15 Å². The van der Waals surface area contributed by atoms with Crippen LogP contribution < -0.4 is 5.32 Å². The summed E-state index contributed by atoms with van der Waals surface area (Å²) in [5.74, 6) is -0.550. The molecule has 110 valence electrons. The predicted octanol–water partition coefficient (Wildman–Crippen LogP) is 2.19. The number of carbonyl (C=O) groups is 1. The zero-order valence-electron chi connectivity index (χ0n) is 11.3. The summed E-state index contributed by atoms with van der Waals surface area (Å²) < 4.78 is 5.32. The first kappa shape index (κ1) is 16.3. The van der Waals surface area contributed by atoms with Gasteiger partial charge in [-0.1, -0.05) is 11.6 Å². The first-order chi connectivity index (χ1) is 9.41. The van der Waals surface area contributed by atoms with Gasteiger partial charge in [0, 0.05) is 13.2 Å². The van der Waals surface area contributed by atoms with Crippen LogP contribution in [0.3, 0.4) is 0 Å². The van der Waals surface area contributed by atoms with Crippen molar-refractivity contribution in [1.82, 2.24) is 10.3 Å². The van der Waals surface area contributed by atoms with Gasteiger partial charge in [-0.2, -0.15) is 0 Å². The minimum atomic E-state index is -0.667. The SMILES string of the molecule is CC(C)OCCCNC(=O)c1cc(Cl)ncc1[N+](=O)[O-]. The number of nitrogens with zero attached hydrogens (tertiary/aromatic N) is 2. The maximum absolute atomic E-state index is 11.9. The third-order valence-electron chi connectivity index (χ3n) is 2.35. The van der Waals surface area contributed by atoms with E-state index in [4.69, 9.17) is 16.3 Å². The van der Waals surface area contributed by atoms with Crippen molar-refractivity contribution in [3.05, 3.63) is 33.1 Å².